The first kappa shape index (κ1) is 16.3. The molecule has 0 bridgehead atoms. The van der Waals surface area contributed by atoms with Crippen LogP contribution in [-0.2, 0) is 14.4 Å². The van der Waals surface area contributed by atoms with Gasteiger partial charge in [-0.3, -0.25) is 9.59 Å². The number of likely N-dealkylation sites (tertiary alicyclic amines) is 1. The Kier molecular flexibility index (Phi) is 5.86. The first-order chi connectivity index (χ1) is 9.42. The normalized spacial score (nSPS) is 21.4. The molecule has 0 aromatic rings. The summed E-state index contributed by atoms with van der Waals surface area (Å²) in [5, 5.41) is 28.6. The predicted molar refractivity (Wildman–Crippen MR) is 66.4 cm³/mol. The molecule has 0 saturated carbocycles. The van der Waals surface area contributed by atoms with Crippen molar-refractivity contribution < 1.29 is 29.7 Å². The van der Waals surface area contributed by atoms with Gasteiger partial charge in [0.2, 0.25) is 11.8 Å². The summed E-state index contributed by atoms with van der Waals surface area (Å²) in [4.78, 5) is 35.8. The molecule has 1 heterocycles. The third-order valence-electron chi connectivity index (χ3n) is 3.15. The second-order valence-electron chi connectivity index (χ2n) is 4.56. The van der Waals surface area contributed by atoms with Gasteiger partial charge in [0.1, 0.15) is 18.1 Å². The fraction of sp³-hybridized carbons (Fsp3) is 0.727. The van der Waals surface area contributed by atoms with Crippen LogP contribution in [0.4, 0.5) is 0 Å². The smallest absolute Gasteiger partial charge is 0.328 e. The van der Waals surface area contributed by atoms with Crippen molar-refractivity contribution in [2.75, 3.05) is 19.8 Å². The van der Waals surface area contributed by atoms with E-state index < -0.39 is 49.1 Å². The molecule has 114 valence electrons. The first-order valence-electron chi connectivity index (χ1n) is 6.23. The summed E-state index contributed by atoms with van der Waals surface area (Å²) in [7, 11) is 0. The molecule has 3 atom stereocenters. The van der Waals surface area contributed by atoms with Crippen LogP contribution in [0.15, 0.2) is 0 Å². The minimum Gasteiger partial charge on any atom is -0.480 e. The maximum atomic E-state index is 12.0. The molecule has 0 radical (unpaired) electrons. The van der Waals surface area contributed by atoms with Gasteiger partial charge in [-0.1, -0.05) is 0 Å². The number of carbonyl (C=O) groups is 3. The summed E-state index contributed by atoms with van der Waals surface area (Å²) in [5.74, 6) is -2.56. The summed E-state index contributed by atoms with van der Waals surface area (Å²) in [6, 6.07) is -3.34. The number of nitrogens with zero attached hydrogens (tertiary/aromatic N) is 1. The lowest BCUT2D eigenvalue weighted by Gasteiger charge is -2.26. The van der Waals surface area contributed by atoms with E-state index in [4.69, 9.17) is 21.1 Å². The second kappa shape index (κ2) is 7.17. The Labute approximate surface area is 115 Å². The molecule has 1 rings (SSSR count). The fourth-order valence-electron chi connectivity index (χ4n) is 2.05. The van der Waals surface area contributed by atoms with Crippen molar-refractivity contribution in [2.24, 2.45) is 5.73 Å². The van der Waals surface area contributed by atoms with Gasteiger partial charge in [-0.25, -0.2) is 4.79 Å². The van der Waals surface area contributed by atoms with Gasteiger partial charge in [0.15, 0.2) is 0 Å². The number of rotatable bonds is 6. The zero-order chi connectivity index (χ0) is 15.3. The predicted octanol–water partition coefficient (Wildman–Crippen LogP) is -3.14. The van der Waals surface area contributed by atoms with Gasteiger partial charge in [0.25, 0.3) is 0 Å². The maximum absolute atomic E-state index is 12.0. The van der Waals surface area contributed by atoms with Gasteiger partial charge in [-0.05, 0) is 12.8 Å². The van der Waals surface area contributed by atoms with Gasteiger partial charge in [-0.15, -0.1) is 0 Å². The van der Waals surface area contributed by atoms with Crippen LogP contribution < -0.4 is 11.1 Å². The summed E-state index contributed by atoms with van der Waals surface area (Å²) in [5.41, 5.74) is 5.43. The largest absolute Gasteiger partial charge is 0.480 e. The Morgan fingerprint density at radius 3 is 2.45 bits per heavy atom. The van der Waals surface area contributed by atoms with Crippen LogP contribution in [0.5, 0.6) is 0 Å². The Hall–Kier alpha value is -1.71. The first-order valence-corrected chi connectivity index (χ1v) is 6.23. The molecule has 1 fully saturated rings. The number of carboxylic acid groups (broad SMARTS) is 1. The third kappa shape index (κ3) is 3.65. The molecule has 0 aliphatic carbocycles. The maximum Gasteiger partial charge on any atom is 0.328 e. The van der Waals surface area contributed by atoms with Crippen LogP contribution in [0.2, 0.25) is 0 Å². The van der Waals surface area contributed by atoms with Crippen molar-refractivity contribution in [3.8, 4) is 0 Å². The van der Waals surface area contributed by atoms with E-state index in [9.17, 15) is 14.4 Å². The molecule has 1 aliphatic heterocycles. The number of nitrogens with two attached hydrogens (primary N) is 1. The molecule has 9 heteroatoms. The van der Waals surface area contributed by atoms with E-state index in [1.807, 2.05) is 0 Å². The Balaban J connectivity index is 2.71. The number of nitrogens with one attached hydrogen (secondary N) is 1. The lowest BCUT2D eigenvalue weighted by Crippen LogP contribution is -2.55. The van der Waals surface area contributed by atoms with Gasteiger partial charge in [-0.2, -0.15) is 0 Å². The van der Waals surface area contributed by atoms with Crippen molar-refractivity contribution in [1.29, 1.82) is 0 Å². The van der Waals surface area contributed by atoms with Crippen LogP contribution in [0, 0.1) is 0 Å². The SMILES string of the molecule is NC(CO)C(=O)N1CCCC1C(=O)NC(CO)C(=O)O. The van der Waals surface area contributed by atoms with E-state index in [2.05, 4.69) is 5.32 Å². The molecule has 6 N–H and O–H groups in total. The number of aliphatic carboxylic acids is 1. The standard InChI is InChI=1S/C11H19N3O6/c12-6(4-15)10(18)14-3-1-2-8(14)9(17)13-7(5-16)11(19)20/h6-8,15-16H,1-5,12H2,(H,13,17)(H,19,20). The lowest BCUT2D eigenvalue weighted by atomic mass is 10.1. The number of amides is 2. The molecular weight excluding hydrogens is 270 g/mol. The molecular formula is C11H19N3O6. The quantitative estimate of drug-likeness (QED) is 0.346. The average Bonchev–Trinajstić information content (AvgIpc) is 2.91. The van der Waals surface area contributed by atoms with Crippen molar-refractivity contribution in [3.63, 3.8) is 0 Å². The zero-order valence-electron chi connectivity index (χ0n) is 10.9. The van der Waals surface area contributed by atoms with Crippen LogP contribution in [0.3, 0.4) is 0 Å². The second-order valence-corrected chi connectivity index (χ2v) is 4.56. The molecule has 9 nitrogen and oxygen atoms in total. The molecule has 1 saturated heterocycles. The number of hydrogen-bond donors (Lipinski definition) is 5. The minimum absolute atomic E-state index is 0.321. The molecule has 0 aromatic heterocycles. The van der Waals surface area contributed by atoms with Crippen LogP contribution in [0.25, 0.3) is 0 Å². The van der Waals surface area contributed by atoms with Gasteiger partial charge in [0.05, 0.1) is 13.2 Å². The minimum atomic E-state index is -1.41. The van der Waals surface area contributed by atoms with E-state index in [0.29, 0.717) is 19.4 Å². The summed E-state index contributed by atoms with van der Waals surface area (Å²) < 4.78 is 0. The zero-order valence-corrected chi connectivity index (χ0v) is 10.9. The topological polar surface area (TPSA) is 153 Å². The fourth-order valence-corrected chi connectivity index (χ4v) is 2.05. The number of carbonyl (C=O) groups excluding carboxylic acids is 2. The van der Waals surface area contributed by atoms with Crippen LogP contribution >= 0.6 is 0 Å². The molecule has 0 aromatic carbocycles. The van der Waals surface area contributed by atoms with Gasteiger partial charge in [0, 0.05) is 6.54 Å². The Bertz CT molecular complexity index is 388. The summed E-state index contributed by atoms with van der Waals surface area (Å²) >= 11 is 0. The summed E-state index contributed by atoms with van der Waals surface area (Å²) in [6.07, 6.45) is 0.965. The Morgan fingerprint density at radius 1 is 1.30 bits per heavy atom. The van der Waals surface area contributed by atoms with E-state index >= 15 is 0 Å². The van der Waals surface area contributed by atoms with Gasteiger partial charge >= 0.3 is 5.97 Å². The van der Waals surface area contributed by atoms with Gasteiger partial charge < -0.3 is 31.3 Å². The molecule has 2 amide bonds. The lowest BCUT2D eigenvalue weighted by molar-refractivity contribution is -0.145. The summed E-state index contributed by atoms with van der Waals surface area (Å²) in [6.45, 7) is -0.947. The van der Waals surface area contributed by atoms with Crippen molar-refractivity contribution in [2.45, 2.75) is 31.0 Å². The highest BCUT2D eigenvalue weighted by Crippen LogP contribution is 2.18. The number of aliphatic hydroxyl groups is 2. The van der Waals surface area contributed by atoms with E-state index in [1.165, 1.54) is 4.90 Å². The monoisotopic (exact) mass is 289 g/mol. The number of carboxylic acids is 1. The van der Waals surface area contributed by atoms with Crippen molar-refractivity contribution in [3.05, 3.63) is 0 Å². The molecule has 1 aliphatic rings. The molecule has 3 unspecified atom stereocenters. The van der Waals surface area contributed by atoms with Crippen molar-refractivity contribution >= 4 is 17.8 Å². The van der Waals surface area contributed by atoms with E-state index in [1.54, 1.807) is 0 Å². The highest BCUT2D eigenvalue weighted by molar-refractivity contribution is 5.92. The van der Waals surface area contributed by atoms with E-state index in [0.717, 1.165) is 0 Å². The van der Waals surface area contributed by atoms with Crippen molar-refractivity contribution in [1.82, 2.24) is 10.2 Å². The van der Waals surface area contributed by atoms with Crippen LogP contribution in [0.1, 0.15) is 12.8 Å². The van der Waals surface area contributed by atoms with Crippen LogP contribution in [-0.4, -0.2) is 75.9 Å². The molecule has 20 heavy (non-hydrogen) atoms. The number of hydrogen-bond acceptors (Lipinski definition) is 6. The number of aliphatic hydroxyl groups excluding tert-OH is 2. The third-order valence-corrected chi connectivity index (χ3v) is 3.15. The molecule has 0 spiro atoms. The average molecular weight is 289 g/mol. The van der Waals surface area contributed by atoms with E-state index in [-0.39, 0.29) is 0 Å². The Morgan fingerprint density at radius 2 is 1.95 bits per heavy atom. The highest BCUT2D eigenvalue weighted by Gasteiger charge is 2.37. The highest BCUT2D eigenvalue weighted by atomic mass is 16.4.